The lowest BCUT2D eigenvalue weighted by Gasteiger charge is -2.31. The van der Waals surface area contributed by atoms with Crippen LogP contribution in [-0.2, 0) is 4.79 Å². The average molecular weight is 339 g/mol. The van der Waals surface area contributed by atoms with Gasteiger partial charge >= 0.3 is 6.03 Å². The molecule has 4 N–H and O–H groups in total. The first-order chi connectivity index (χ1) is 11.0. The highest BCUT2D eigenvalue weighted by molar-refractivity contribution is 6.31. The van der Waals surface area contributed by atoms with Gasteiger partial charge < -0.3 is 21.3 Å². The maximum absolute atomic E-state index is 11.9. The van der Waals surface area contributed by atoms with Gasteiger partial charge in [-0.2, -0.15) is 0 Å². The van der Waals surface area contributed by atoms with Crippen molar-refractivity contribution in [1.29, 1.82) is 0 Å². The summed E-state index contributed by atoms with van der Waals surface area (Å²) in [7, 11) is 0. The number of primary amides is 1. The van der Waals surface area contributed by atoms with Crippen LogP contribution in [-0.4, -0.2) is 43.0 Å². The molecule has 1 aromatic carbocycles. The number of nitrogens with one attached hydrogen (secondary N) is 2. The second-order valence-corrected chi connectivity index (χ2v) is 6.24. The minimum atomic E-state index is -0.265. The summed E-state index contributed by atoms with van der Waals surface area (Å²) in [5.74, 6) is -0.316. The Morgan fingerprint density at radius 3 is 2.96 bits per heavy atom. The van der Waals surface area contributed by atoms with E-state index in [-0.39, 0.29) is 17.9 Å². The number of anilines is 1. The van der Waals surface area contributed by atoms with E-state index < -0.39 is 0 Å². The number of rotatable bonds is 5. The van der Waals surface area contributed by atoms with Crippen molar-refractivity contribution in [3.05, 3.63) is 28.8 Å². The van der Waals surface area contributed by atoms with Crippen molar-refractivity contribution in [2.75, 3.05) is 31.5 Å². The van der Waals surface area contributed by atoms with Gasteiger partial charge in [-0.1, -0.05) is 17.7 Å². The summed E-state index contributed by atoms with van der Waals surface area (Å²) in [5, 5.41) is 6.23. The van der Waals surface area contributed by atoms with Gasteiger partial charge in [0.05, 0.1) is 5.92 Å². The molecule has 126 valence electrons. The standard InChI is InChI=1S/C16H23ClN4O2/c1-11-13(17)5-2-6-14(11)20-16(23)19-7-9-21-8-3-4-12(10-21)15(18)22/h2,5-6,12H,3-4,7-10H2,1H3,(H2,18,22)(H2,19,20,23)/t12-/m0/s1. The lowest BCUT2D eigenvalue weighted by molar-refractivity contribution is -0.123. The molecule has 0 aliphatic carbocycles. The van der Waals surface area contributed by atoms with E-state index in [1.165, 1.54) is 0 Å². The minimum absolute atomic E-state index is 0.0771. The number of hydrogen-bond donors (Lipinski definition) is 3. The first kappa shape index (κ1) is 17.6. The van der Waals surface area contributed by atoms with Crippen LogP contribution in [0, 0.1) is 12.8 Å². The van der Waals surface area contributed by atoms with Crippen LogP contribution in [0.3, 0.4) is 0 Å². The molecule has 1 aliphatic rings. The lowest BCUT2D eigenvalue weighted by Crippen LogP contribution is -2.44. The Hall–Kier alpha value is -1.79. The maximum atomic E-state index is 11.9. The Morgan fingerprint density at radius 2 is 2.22 bits per heavy atom. The molecule has 0 aromatic heterocycles. The molecule has 0 radical (unpaired) electrons. The number of urea groups is 1. The van der Waals surface area contributed by atoms with Gasteiger partial charge in [0.2, 0.25) is 5.91 Å². The SMILES string of the molecule is Cc1c(Cl)cccc1NC(=O)NCCN1CCC[C@H](C(N)=O)C1. The number of benzene rings is 1. The van der Waals surface area contributed by atoms with E-state index in [9.17, 15) is 9.59 Å². The van der Waals surface area contributed by atoms with Gasteiger partial charge in [0, 0.05) is 30.3 Å². The summed E-state index contributed by atoms with van der Waals surface area (Å²) in [4.78, 5) is 25.3. The Labute approximate surface area is 141 Å². The molecular formula is C16H23ClN4O2. The smallest absolute Gasteiger partial charge is 0.319 e. The van der Waals surface area contributed by atoms with E-state index in [2.05, 4.69) is 15.5 Å². The van der Waals surface area contributed by atoms with Crippen LogP contribution >= 0.6 is 11.6 Å². The predicted molar refractivity (Wildman–Crippen MR) is 91.6 cm³/mol. The number of likely N-dealkylation sites (tertiary alicyclic amines) is 1. The molecule has 1 heterocycles. The Balaban J connectivity index is 1.74. The molecule has 0 spiro atoms. The van der Waals surface area contributed by atoms with Crippen molar-refractivity contribution in [2.45, 2.75) is 19.8 Å². The van der Waals surface area contributed by atoms with Gasteiger partial charge in [0.25, 0.3) is 0 Å². The predicted octanol–water partition coefficient (Wildman–Crippen LogP) is 1.97. The first-order valence-electron chi connectivity index (χ1n) is 7.79. The Morgan fingerprint density at radius 1 is 1.43 bits per heavy atom. The van der Waals surface area contributed by atoms with E-state index >= 15 is 0 Å². The molecule has 0 saturated carbocycles. The molecule has 0 bridgehead atoms. The molecule has 3 amide bonds. The summed E-state index contributed by atoms with van der Waals surface area (Å²) in [6.45, 7) is 4.67. The summed E-state index contributed by atoms with van der Waals surface area (Å²) in [6.07, 6.45) is 1.81. The van der Waals surface area contributed by atoms with Crippen molar-refractivity contribution in [1.82, 2.24) is 10.2 Å². The van der Waals surface area contributed by atoms with Crippen LogP contribution in [0.25, 0.3) is 0 Å². The molecular weight excluding hydrogens is 316 g/mol. The van der Waals surface area contributed by atoms with Crippen LogP contribution < -0.4 is 16.4 Å². The third kappa shape index (κ3) is 5.11. The first-order valence-corrected chi connectivity index (χ1v) is 8.17. The Kier molecular flexibility index (Phi) is 6.24. The highest BCUT2D eigenvalue weighted by Crippen LogP contribution is 2.22. The van der Waals surface area contributed by atoms with Gasteiger partial charge in [0.1, 0.15) is 0 Å². The van der Waals surface area contributed by atoms with Crippen molar-refractivity contribution in [2.24, 2.45) is 11.7 Å². The molecule has 7 heteroatoms. The van der Waals surface area contributed by atoms with Crippen LogP contribution in [0.5, 0.6) is 0 Å². The highest BCUT2D eigenvalue weighted by atomic mass is 35.5. The molecule has 2 rings (SSSR count). The number of carbonyl (C=O) groups excluding carboxylic acids is 2. The zero-order chi connectivity index (χ0) is 16.8. The summed E-state index contributed by atoms with van der Waals surface area (Å²) >= 11 is 6.03. The second-order valence-electron chi connectivity index (χ2n) is 5.84. The van der Waals surface area contributed by atoms with E-state index in [1.807, 2.05) is 13.0 Å². The zero-order valence-corrected chi connectivity index (χ0v) is 14.0. The maximum Gasteiger partial charge on any atom is 0.319 e. The second kappa shape index (κ2) is 8.17. The lowest BCUT2D eigenvalue weighted by atomic mass is 9.97. The van der Waals surface area contributed by atoms with Crippen LogP contribution in [0.15, 0.2) is 18.2 Å². The van der Waals surface area contributed by atoms with E-state index in [1.54, 1.807) is 12.1 Å². The fourth-order valence-electron chi connectivity index (χ4n) is 2.73. The summed E-state index contributed by atoms with van der Waals surface area (Å²) in [6, 6.07) is 5.12. The molecule has 1 saturated heterocycles. The average Bonchev–Trinajstić information content (AvgIpc) is 2.52. The van der Waals surface area contributed by atoms with Crippen molar-refractivity contribution in [3.63, 3.8) is 0 Å². The van der Waals surface area contributed by atoms with Crippen LogP contribution in [0.2, 0.25) is 5.02 Å². The molecule has 23 heavy (non-hydrogen) atoms. The molecule has 1 aliphatic heterocycles. The van der Waals surface area contributed by atoms with Crippen molar-refractivity contribution >= 4 is 29.2 Å². The number of piperidine rings is 1. The number of nitrogens with zero attached hydrogens (tertiary/aromatic N) is 1. The van der Waals surface area contributed by atoms with Crippen LogP contribution in [0.4, 0.5) is 10.5 Å². The van der Waals surface area contributed by atoms with E-state index in [0.717, 1.165) is 24.9 Å². The molecule has 1 atom stereocenters. The number of amides is 3. The zero-order valence-electron chi connectivity index (χ0n) is 13.3. The molecule has 6 nitrogen and oxygen atoms in total. The number of hydrogen-bond acceptors (Lipinski definition) is 3. The molecule has 1 aromatic rings. The number of nitrogens with two attached hydrogens (primary N) is 1. The van der Waals surface area contributed by atoms with Crippen molar-refractivity contribution in [3.8, 4) is 0 Å². The largest absolute Gasteiger partial charge is 0.369 e. The van der Waals surface area contributed by atoms with Crippen molar-refractivity contribution < 1.29 is 9.59 Å². The molecule has 0 unspecified atom stereocenters. The molecule has 1 fully saturated rings. The quantitative estimate of drug-likeness (QED) is 0.767. The third-order valence-corrected chi connectivity index (χ3v) is 4.55. The summed E-state index contributed by atoms with van der Waals surface area (Å²) < 4.78 is 0. The van der Waals surface area contributed by atoms with Gasteiger partial charge in [-0.05, 0) is 44.0 Å². The fourth-order valence-corrected chi connectivity index (χ4v) is 2.90. The fraction of sp³-hybridized carbons (Fsp3) is 0.500. The van der Waals surface area contributed by atoms with Gasteiger partial charge in [-0.15, -0.1) is 0 Å². The van der Waals surface area contributed by atoms with Gasteiger partial charge in [-0.3, -0.25) is 4.79 Å². The Bertz CT molecular complexity index is 579. The number of halogens is 1. The third-order valence-electron chi connectivity index (χ3n) is 4.14. The van der Waals surface area contributed by atoms with E-state index in [0.29, 0.717) is 30.3 Å². The normalized spacial score (nSPS) is 18.4. The van der Waals surface area contributed by atoms with E-state index in [4.69, 9.17) is 17.3 Å². The number of carbonyl (C=O) groups is 2. The highest BCUT2D eigenvalue weighted by Gasteiger charge is 2.23. The monoisotopic (exact) mass is 338 g/mol. The summed E-state index contributed by atoms with van der Waals surface area (Å²) in [5.41, 5.74) is 6.90. The van der Waals surface area contributed by atoms with Gasteiger partial charge in [0.15, 0.2) is 0 Å². The van der Waals surface area contributed by atoms with Crippen LogP contribution in [0.1, 0.15) is 18.4 Å². The minimum Gasteiger partial charge on any atom is -0.369 e. The topological polar surface area (TPSA) is 87.5 Å². The van der Waals surface area contributed by atoms with Gasteiger partial charge in [-0.25, -0.2) is 4.79 Å².